The number of likely N-dealkylation sites (N-methyl/N-ethyl adjacent to an activating group) is 1. The predicted molar refractivity (Wildman–Crippen MR) is 85.9 cm³/mol. The third-order valence-electron chi connectivity index (χ3n) is 4.89. The van der Waals surface area contributed by atoms with Crippen LogP contribution in [0.2, 0.25) is 0 Å². The molecule has 0 radical (unpaired) electrons. The van der Waals surface area contributed by atoms with Gasteiger partial charge in [0.15, 0.2) is 0 Å². The lowest BCUT2D eigenvalue weighted by Gasteiger charge is -2.43. The molecule has 2 saturated heterocycles. The first-order valence-electron chi connectivity index (χ1n) is 7.95. The van der Waals surface area contributed by atoms with Crippen LogP contribution in [0.5, 0.6) is 0 Å². The molecule has 1 unspecified atom stereocenters. The molecule has 0 bridgehead atoms. The van der Waals surface area contributed by atoms with E-state index in [2.05, 4.69) is 41.3 Å². The van der Waals surface area contributed by atoms with E-state index < -0.39 is 0 Å². The van der Waals surface area contributed by atoms with Gasteiger partial charge in [-0.3, -0.25) is 9.69 Å². The minimum absolute atomic E-state index is 0.214. The molecule has 2 fully saturated rings. The van der Waals surface area contributed by atoms with E-state index in [1.165, 1.54) is 5.56 Å². The molecule has 3 nitrogen and oxygen atoms in total. The molecule has 1 spiro atoms. The van der Waals surface area contributed by atoms with Crippen LogP contribution in [0.25, 0.3) is 6.08 Å². The third kappa shape index (κ3) is 2.75. The number of hydrogen-bond acceptors (Lipinski definition) is 2. The fraction of sp³-hybridized carbons (Fsp3) is 0.500. The highest BCUT2D eigenvalue weighted by Gasteiger charge is 2.49. The van der Waals surface area contributed by atoms with Gasteiger partial charge < -0.3 is 4.90 Å². The van der Waals surface area contributed by atoms with E-state index in [0.29, 0.717) is 5.91 Å². The Balaban J connectivity index is 1.70. The second kappa shape index (κ2) is 6.02. The average molecular weight is 284 g/mol. The van der Waals surface area contributed by atoms with E-state index >= 15 is 0 Å². The molecular formula is C18H24N2O. The zero-order valence-electron chi connectivity index (χ0n) is 12.8. The van der Waals surface area contributed by atoms with Crippen molar-refractivity contribution in [2.24, 2.45) is 0 Å². The highest BCUT2D eigenvalue weighted by molar-refractivity contribution is 5.87. The van der Waals surface area contributed by atoms with E-state index in [1.807, 2.05) is 18.0 Å². The van der Waals surface area contributed by atoms with E-state index in [-0.39, 0.29) is 5.54 Å². The molecular weight excluding hydrogens is 260 g/mol. The lowest BCUT2D eigenvalue weighted by molar-refractivity contribution is -0.145. The summed E-state index contributed by atoms with van der Waals surface area (Å²) in [6.07, 6.45) is 8.66. The lowest BCUT2D eigenvalue weighted by Crippen LogP contribution is -2.58. The molecule has 1 aromatic carbocycles. The molecule has 0 saturated carbocycles. The summed E-state index contributed by atoms with van der Waals surface area (Å²) in [5.41, 5.74) is 1.01. The second-order valence-corrected chi connectivity index (χ2v) is 6.22. The Kier molecular flexibility index (Phi) is 4.11. The Bertz CT molecular complexity index is 525. The van der Waals surface area contributed by atoms with Crippen LogP contribution in [0, 0.1) is 0 Å². The van der Waals surface area contributed by atoms with Crippen molar-refractivity contribution in [1.82, 2.24) is 9.80 Å². The maximum absolute atomic E-state index is 12.7. The largest absolute Gasteiger partial charge is 0.344 e. The number of hydrogen-bond donors (Lipinski definition) is 0. The van der Waals surface area contributed by atoms with Crippen LogP contribution >= 0.6 is 0 Å². The standard InChI is InChI=1S/C18H24N2O/c1-19-13-6-11-18(17(19)21)12-7-15-20(18)14-5-10-16-8-3-2-4-9-16/h2-5,8-10H,6-7,11-15H2,1H3/b10-5+. The van der Waals surface area contributed by atoms with Crippen LogP contribution in [-0.2, 0) is 4.79 Å². The first-order valence-corrected chi connectivity index (χ1v) is 7.95. The smallest absolute Gasteiger partial charge is 0.242 e. The van der Waals surface area contributed by atoms with Crippen molar-refractivity contribution in [3.63, 3.8) is 0 Å². The molecule has 1 amide bonds. The monoisotopic (exact) mass is 284 g/mol. The van der Waals surface area contributed by atoms with Crippen molar-refractivity contribution in [1.29, 1.82) is 0 Å². The summed E-state index contributed by atoms with van der Waals surface area (Å²) in [7, 11) is 1.94. The van der Waals surface area contributed by atoms with Gasteiger partial charge >= 0.3 is 0 Å². The van der Waals surface area contributed by atoms with Crippen LogP contribution in [0.4, 0.5) is 0 Å². The number of carbonyl (C=O) groups is 1. The van der Waals surface area contributed by atoms with Crippen molar-refractivity contribution in [2.45, 2.75) is 31.2 Å². The van der Waals surface area contributed by atoms with Crippen LogP contribution in [-0.4, -0.2) is 47.9 Å². The summed E-state index contributed by atoms with van der Waals surface area (Å²) in [6, 6.07) is 10.3. The zero-order chi connectivity index (χ0) is 14.7. The Morgan fingerprint density at radius 1 is 1.14 bits per heavy atom. The number of benzene rings is 1. The van der Waals surface area contributed by atoms with Crippen molar-refractivity contribution < 1.29 is 4.79 Å². The SMILES string of the molecule is CN1CCCC2(CCCN2C/C=C/c2ccccc2)C1=O. The van der Waals surface area contributed by atoms with Crippen molar-refractivity contribution in [3.05, 3.63) is 42.0 Å². The number of likely N-dealkylation sites (tertiary alicyclic amines) is 2. The molecule has 0 aliphatic carbocycles. The van der Waals surface area contributed by atoms with Crippen LogP contribution in [0.15, 0.2) is 36.4 Å². The van der Waals surface area contributed by atoms with E-state index in [0.717, 1.165) is 45.3 Å². The van der Waals surface area contributed by atoms with Gasteiger partial charge in [0.1, 0.15) is 5.54 Å². The van der Waals surface area contributed by atoms with Gasteiger partial charge in [-0.05, 0) is 37.8 Å². The van der Waals surface area contributed by atoms with Gasteiger partial charge in [-0.1, -0.05) is 42.5 Å². The maximum atomic E-state index is 12.7. The van der Waals surface area contributed by atoms with Gasteiger partial charge in [-0.2, -0.15) is 0 Å². The fourth-order valence-electron chi connectivity index (χ4n) is 3.78. The van der Waals surface area contributed by atoms with E-state index in [1.54, 1.807) is 0 Å². The molecule has 0 aromatic heterocycles. The van der Waals surface area contributed by atoms with Gasteiger partial charge in [0.2, 0.25) is 5.91 Å². The lowest BCUT2D eigenvalue weighted by atomic mass is 9.85. The zero-order valence-corrected chi connectivity index (χ0v) is 12.8. The number of amides is 1. The van der Waals surface area contributed by atoms with Gasteiger partial charge in [-0.25, -0.2) is 0 Å². The Hall–Kier alpha value is -1.61. The van der Waals surface area contributed by atoms with E-state index in [9.17, 15) is 4.79 Å². The quantitative estimate of drug-likeness (QED) is 0.852. The fourth-order valence-corrected chi connectivity index (χ4v) is 3.78. The summed E-state index contributed by atoms with van der Waals surface area (Å²) in [5, 5.41) is 0. The molecule has 112 valence electrons. The van der Waals surface area contributed by atoms with Crippen LogP contribution < -0.4 is 0 Å². The summed E-state index contributed by atoms with van der Waals surface area (Å²) in [5.74, 6) is 0.333. The number of rotatable bonds is 3. The number of nitrogens with zero attached hydrogens (tertiary/aromatic N) is 2. The average Bonchev–Trinajstić information content (AvgIpc) is 2.90. The van der Waals surface area contributed by atoms with Crippen molar-refractivity contribution in [3.8, 4) is 0 Å². The van der Waals surface area contributed by atoms with Crippen LogP contribution in [0.3, 0.4) is 0 Å². The van der Waals surface area contributed by atoms with E-state index in [4.69, 9.17) is 0 Å². The molecule has 1 aromatic rings. The maximum Gasteiger partial charge on any atom is 0.242 e. The molecule has 1 atom stereocenters. The van der Waals surface area contributed by atoms with Gasteiger partial charge in [0.05, 0.1) is 0 Å². The van der Waals surface area contributed by atoms with Gasteiger partial charge in [0, 0.05) is 20.1 Å². The minimum Gasteiger partial charge on any atom is -0.344 e. The molecule has 21 heavy (non-hydrogen) atoms. The number of carbonyl (C=O) groups excluding carboxylic acids is 1. The highest BCUT2D eigenvalue weighted by atomic mass is 16.2. The van der Waals surface area contributed by atoms with Crippen molar-refractivity contribution >= 4 is 12.0 Å². The summed E-state index contributed by atoms with van der Waals surface area (Å²) >= 11 is 0. The summed E-state index contributed by atoms with van der Waals surface area (Å²) in [6.45, 7) is 2.82. The van der Waals surface area contributed by atoms with Gasteiger partial charge in [-0.15, -0.1) is 0 Å². The summed E-state index contributed by atoms with van der Waals surface area (Å²) < 4.78 is 0. The first kappa shape index (κ1) is 14.3. The molecule has 2 aliphatic heterocycles. The predicted octanol–water partition coefficient (Wildman–Crippen LogP) is 2.79. The summed E-state index contributed by atoms with van der Waals surface area (Å²) in [4.78, 5) is 17.0. The van der Waals surface area contributed by atoms with Crippen molar-refractivity contribution in [2.75, 3.05) is 26.7 Å². The Morgan fingerprint density at radius 2 is 1.86 bits per heavy atom. The molecule has 3 heteroatoms. The molecule has 3 rings (SSSR count). The Morgan fingerprint density at radius 3 is 2.62 bits per heavy atom. The Labute approximate surface area is 127 Å². The normalized spacial score (nSPS) is 27.1. The number of piperidine rings is 1. The molecule has 2 heterocycles. The molecule has 2 aliphatic rings. The highest BCUT2D eigenvalue weighted by Crippen LogP contribution is 2.37. The second-order valence-electron chi connectivity index (χ2n) is 6.22. The first-order chi connectivity index (χ1) is 10.2. The third-order valence-corrected chi connectivity index (χ3v) is 4.89. The van der Waals surface area contributed by atoms with Gasteiger partial charge in [0.25, 0.3) is 0 Å². The van der Waals surface area contributed by atoms with Crippen LogP contribution in [0.1, 0.15) is 31.2 Å². The minimum atomic E-state index is -0.214. The molecule has 0 N–H and O–H groups in total. The topological polar surface area (TPSA) is 23.6 Å².